The molecule has 3 amide bonds. The van der Waals surface area contributed by atoms with Crippen LogP contribution in [0.15, 0.2) is 18.2 Å². The molecule has 2 fully saturated rings. The molecule has 2 saturated heterocycles. The number of carbonyl (C=O) groups is 3. The Morgan fingerprint density at radius 2 is 1.94 bits per heavy atom. The zero-order valence-electron chi connectivity index (χ0n) is 20.9. The first kappa shape index (κ1) is 26.4. The average Bonchev–Trinajstić information content (AvgIpc) is 3.50. The fraction of sp³-hybridized carbons (Fsp3) is 0.615. The molecule has 0 saturated carbocycles. The van der Waals surface area contributed by atoms with Gasteiger partial charge in [-0.3, -0.25) is 14.4 Å². The fourth-order valence-electron chi connectivity index (χ4n) is 4.66. The number of nitrogens with one attached hydrogen (secondary N) is 1. The predicted octanol–water partition coefficient (Wildman–Crippen LogP) is 3.55. The van der Waals surface area contributed by atoms with Crippen molar-refractivity contribution in [2.24, 2.45) is 5.41 Å². The number of nitrogens with zero attached hydrogens (tertiary/aromatic N) is 3. The number of rotatable bonds is 2. The highest BCUT2D eigenvalue weighted by Gasteiger charge is 2.43. The molecule has 2 atom stereocenters. The predicted molar refractivity (Wildman–Crippen MR) is 128 cm³/mol. The Morgan fingerprint density at radius 3 is 2.48 bits per heavy atom. The van der Waals surface area contributed by atoms with Crippen LogP contribution in [-0.4, -0.2) is 46.1 Å². The lowest BCUT2D eigenvalue weighted by atomic mass is 9.91. The molecule has 1 aromatic carbocycles. The first-order valence-corrected chi connectivity index (χ1v) is 12.0. The highest BCUT2D eigenvalue weighted by Crippen LogP contribution is 2.34. The molecule has 3 heterocycles. The van der Waals surface area contributed by atoms with Crippen LogP contribution in [0.3, 0.4) is 0 Å². The smallest absolute Gasteiger partial charge is 0.246 e. The number of carbonyl (C=O) groups excluding carboxylic acids is 3. The lowest BCUT2D eigenvalue weighted by molar-refractivity contribution is -0.134. The molecule has 1 N–H and O–H groups in total. The van der Waals surface area contributed by atoms with Gasteiger partial charge in [-0.1, -0.05) is 52.8 Å². The van der Waals surface area contributed by atoms with E-state index in [0.717, 1.165) is 19.5 Å². The molecule has 7 heteroatoms. The number of fused-ring (bicyclic) bond motifs is 1. The summed E-state index contributed by atoms with van der Waals surface area (Å²) < 4.78 is 0. The summed E-state index contributed by atoms with van der Waals surface area (Å²) in [6.45, 7) is 14.1. The molecule has 4 rings (SSSR count). The van der Waals surface area contributed by atoms with E-state index in [2.05, 4.69) is 50.4 Å². The van der Waals surface area contributed by atoms with Gasteiger partial charge in [-0.05, 0) is 41.4 Å². The third-order valence-electron chi connectivity index (χ3n) is 6.35. The molecule has 2 unspecified atom stereocenters. The van der Waals surface area contributed by atoms with Crippen LogP contribution in [-0.2, 0) is 33.9 Å². The van der Waals surface area contributed by atoms with Gasteiger partial charge >= 0.3 is 0 Å². The number of likely N-dealkylation sites (tertiary alicyclic amines) is 1. The van der Waals surface area contributed by atoms with E-state index in [0.29, 0.717) is 25.8 Å². The summed E-state index contributed by atoms with van der Waals surface area (Å²) in [4.78, 5) is 38.1. The van der Waals surface area contributed by atoms with Crippen molar-refractivity contribution in [1.82, 2.24) is 15.1 Å². The SMILES string of the molecule is CC.CC1(C)CC(C#N)N(C(=O)C2CCC(=O)N2)C1.CCc1cccc2c1CN(C(C)=O)C2. The number of benzene rings is 1. The molecule has 3 aliphatic rings. The maximum absolute atomic E-state index is 12.2. The first-order valence-electron chi connectivity index (χ1n) is 12.0. The first-order chi connectivity index (χ1) is 15.6. The van der Waals surface area contributed by atoms with Crippen molar-refractivity contribution in [3.63, 3.8) is 0 Å². The average molecular weight is 455 g/mol. The number of hydrogen-bond acceptors (Lipinski definition) is 4. The Morgan fingerprint density at radius 1 is 1.24 bits per heavy atom. The van der Waals surface area contributed by atoms with Crippen molar-refractivity contribution in [3.8, 4) is 6.07 Å². The lowest BCUT2D eigenvalue weighted by Crippen LogP contribution is -2.46. The topological polar surface area (TPSA) is 93.5 Å². The molecule has 0 aliphatic carbocycles. The highest BCUT2D eigenvalue weighted by atomic mass is 16.2. The Balaban J connectivity index is 0.000000221. The Bertz CT molecular complexity index is 919. The van der Waals surface area contributed by atoms with Crippen molar-refractivity contribution in [3.05, 3.63) is 34.9 Å². The summed E-state index contributed by atoms with van der Waals surface area (Å²) in [6.07, 6.45) is 2.71. The van der Waals surface area contributed by atoms with Crippen LogP contribution in [0.1, 0.15) is 77.5 Å². The fourth-order valence-corrected chi connectivity index (χ4v) is 4.66. The molecule has 7 nitrogen and oxygen atoms in total. The van der Waals surface area contributed by atoms with Crippen LogP contribution in [0.2, 0.25) is 0 Å². The standard InChI is InChI=1S/C12H17N3O2.C12H15NO.C2H6/c1-12(2)5-8(6-13)15(7-12)11(17)9-3-4-10(16)14-9;1-3-10-5-4-6-11-7-13(9(2)14)8-12(10)11;1-2/h8-9H,3-5,7H2,1-2H3,(H,14,16);4-6H,3,7-8H2,1-2H3;1-2H3. The largest absolute Gasteiger partial charge is 0.344 e. The molecular formula is C26H38N4O3. The van der Waals surface area contributed by atoms with Gasteiger partial charge in [-0.15, -0.1) is 0 Å². The van der Waals surface area contributed by atoms with Crippen LogP contribution in [0.4, 0.5) is 0 Å². The summed E-state index contributed by atoms with van der Waals surface area (Å²) in [7, 11) is 0. The maximum Gasteiger partial charge on any atom is 0.246 e. The third kappa shape index (κ3) is 6.34. The number of aryl methyl sites for hydroxylation is 1. The molecule has 0 bridgehead atoms. The molecule has 33 heavy (non-hydrogen) atoms. The van der Waals surface area contributed by atoms with Gasteiger partial charge in [0.1, 0.15) is 12.1 Å². The summed E-state index contributed by atoms with van der Waals surface area (Å²) in [5.74, 6) is -0.00783. The molecular weight excluding hydrogens is 416 g/mol. The molecule has 3 aliphatic heterocycles. The van der Waals surface area contributed by atoms with E-state index in [-0.39, 0.29) is 29.2 Å². The van der Waals surface area contributed by atoms with Gasteiger partial charge in [0, 0.05) is 33.0 Å². The summed E-state index contributed by atoms with van der Waals surface area (Å²) in [5, 5.41) is 11.7. The monoisotopic (exact) mass is 454 g/mol. The van der Waals surface area contributed by atoms with Crippen molar-refractivity contribution in [1.29, 1.82) is 5.26 Å². The zero-order valence-corrected chi connectivity index (χ0v) is 20.9. The minimum atomic E-state index is -0.424. The van der Waals surface area contributed by atoms with Crippen LogP contribution in [0.25, 0.3) is 0 Å². The number of nitriles is 1. The molecule has 0 radical (unpaired) electrons. The molecule has 1 aromatic rings. The summed E-state index contributed by atoms with van der Waals surface area (Å²) >= 11 is 0. The highest BCUT2D eigenvalue weighted by molar-refractivity contribution is 5.91. The lowest BCUT2D eigenvalue weighted by Gasteiger charge is -2.24. The van der Waals surface area contributed by atoms with Gasteiger partial charge in [0.2, 0.25) is 17.7 Å². The summed E-state index contributed by atoms with van der Waals surface area (Å²) in [5.41, 5.74) is 4.05. The maximum atomic E-state index is 12.2. The van der Waals surface area contributed by atoms with E-state index in [4.69, 9.17) is 5.26 Å². The summed E-state index contributed by atoms with van der Waals surface area (Å²) in [6, 6.07) is 7.76. The van der Waals surface area contributed by atoms with E-state index in [1.807, 2.05) is 18.7 Å². The number of hydrogen-bond donors (Lipinski definition) is 1. The number of amides is 3. The second-order valence-electron chi connectivity index (χ2n) is 9.42. The second kappa shape index (κ2) is 11.3. The Labute approximate surface area is 198 Å². The third-order valence-corrected chi connectivity index (χ3v) is 6.35. The second-order valence-corrected chi connectivity index (χ2v) is 9.42. The van der Waals surface area contributed by atoms with E-state index < -0.39 is 6.04 Å². The Kier molecular flexibility index (Phi) is 9.04. The zero-order chi connectivity index (χ0) is 24.8. The van der Waals surface area contributed by atoms with Crippen molar-refractivity contribution in [2.45, 2.75) is 92.4 Å². The normalized spacial score (nSPS) is 22.3. The van der Waals surface area contributed by atoms with Gasteiger partial charge in [0.25, 0.3) is 0 Å². The van der Waals surface area contributed by atoms with Crippen LogP contribution in [0, 0.1) is 16.7 Å². The van der Waals surface area contributed by atoms with E-state index in [1.165, 1.54) is 16.7 Å². The van der Waals surface area contributed by atoms with Crippen molar-refractivity contribution >= 4 is 17.7 Å². The molecule has 0 spiro atoms. The Hall–Kier alpha value is -2.88. The minimum absolute atomic E-state index is 0.0152. The van der Waals surface area contributed by atoms with Crippen LogP contribution >= 0.6 is 0 Å². The minimum Gasteiger partial charge on any atom is -0.344 e. The van der Waals surface area contributed by atoms with Crippen molar-refractivity contribution < 1.29 is 14.4 Å². The molecule has 180 valence electrons. The van der Waals surface area contributed by atoms with Crippen LogP contribution in [0.5, 0.6) is 0 Å². The van der Waals surface area contributed by atoms with E-state index >= 15 is 0 Å². The van der Waals surface area contributed by atoms with Crippen LogP contribution < -0.4 is 5.32 Å². The van der Waals surface area contributed by atoms with Gasteiger partial charge < -0.3 is 15.1 Å². The quantitative estimate of drug-likeness (QED) is 0.739. The van der Waals surface area contributed by atoms with E-state index in [9.17, 15) is 14.4 Å². The van der Waals surface area contributed by atoms with Crippen molar-refractivity contribution in [2.75, 3.05) is 6.54 Å². The van der Waals surface area contributed by atoms with E-state index in [1.54, 1.807) is 11.8 Å². The van der Waals surface area contributed by atoms with Gasteiger partial charge in [-0.25, -0.2) is 0 Å². The van der Waals surface area contributed by atoms with Gasteiger partial charge in [0.05, 0.1) is 6.07 Å². The van der Waals surface area contributed by atoms with Gasteiger partial charge in [0.15, 0.2) is 0 Å². The van der Waals surface area contributed by atoms with Gasteiger partial charge in [-0.2, -0.15) is 5.26 Å². The molecule has 0 aromatic heterocycles.